The van der Waals surface area contributed by atoms with Crippen molar-refractivity contribution >= 4 is 11.6 Å². The van der Waals surface area contributed by atoms with E-state index in [2.05, 4.69) is 39.3 Å². The van der Waals surface area contributed by atoms with Crippen LogP contribution < -0.4 is 9.80 Å². The molecule has 1 aliphatic heterocycles. The van der Waals surface area contributed by atoms with Crippen LogP contribution in [-0.2, 0) is 0 Å². The maximum absolute atomic E-state index is 4.42. The monoisotopic (exact) mass is 260 g/mol. The van der Waals surface area contributed by atoms with Gasteiger partial charge in [-0.2, -0.15) is 0 Å². The van der Waals surface area contributed by atoms with Gasteiger partial charge in [0.05, 0.1) is 0 Å². The molecule has 0 aromatic carbocycles. The van der Waals surface area contributed by atoms with Gasteiger partial charge in [-0.3, -0.25) is 0 Å². The molecule has 2 heterocycles. The summed E-state index contributed by atoms with van der Waals surface area (Å²) in [5.74, 6) is 2.76. The first kappa shape index (κ1) is 13.8. The maximum Gasteiger partial charge on any atom is 0.134 e. The second kappa shape index (κ2) is 6.04. The normalized spacial score (nSPS) is 19.3. The summed E-state index contributed by atoms with van der Waals surface area (Å²) in [4.78, 5) is 13.3. The van der Waals surface area contributed by atoms with Crippen molar-refractivity contribution < 1.29 is 0 Å². The average Bonchev–Trinajstić information content (AvgIpc) is 2.38. The van der Waals surface area contributed by atoms with Crippen molar-refractivity contribution in [3.8, 4) is 0 Å². The first-order valence-electron chi connectivity index (χ1n) is 6.99. The molecule has 104 valence electrons. The molecule has 1 aromatic heterocycles. The third-order valence-corrected chi connectivity index (χ3v) is 3.52. The van der Waals surface area contributed by atoms with Gasteiger partial charge in [0.25, 0.3) is 0 Å². The van der Waals surface area contributed by atoms with Crippen molar-refractivity contribution in [3.63, 3.8) is 0 Å². The summed E-state index contributed by atoms with van der Waals surface area (Å²) in [5.41, 5.74) is 1.13. The molecular weight excluding hydrogens is 236 g/mol. The lowest BCUT2D eigenvalue weighted by Crippen LogP contribution is -2.35. The van der Waals surface area contributed by atoms with Crippen LogP contribution in [0.5, 0.6) is 0 Å². The lowest BCUT2D eigenvalue weighted by Gasteiger charge is -2.32. The van der Waals surface area contributed by atoms with Crippen molar-refractivity contribution in [3.05, 3.63) is 24.5 Å². The molecule has 0 N–H and O–H groups in total. The summed E-state index contributed by atoms with van der Waals surface area (Å²) < 4.78 is 0. The van der Waals surface area contributed by atoms with E-state index in [1.807, 2.05) is 14.0 Å². The minimum Gasteiger partial charge on any atom is -0.356 e. The van der Waals surface area contributed by atoms with E-state index in [0.717, 1.165) is 42.8 Å². The molecule has 1 fully saturated rings. The van der Waals surface area contributed by atoms with E-state index in [-0.39, 0.29) is 0 Å². The predicted molar refractivity (Wildman–Crippen MR) is 80.7 cm³/mol. The van der Waals surface area contributed by atoms with Crippen molar-refractivity contribution in [2.24, 2.45) is 5.92 Å². The molecule has 2 rings (SSSR count). The van der Waals surface area contributed by atoms with Gasteiger partial charge < -0.3 is 9.80 Å². The van der Waals surface area contributed by atoms with Gasteiger partial charge in [-0.05, 0) is 25.7 Å². The van der Waals surface area contributed by atoms with Gasteiger partial charge in [-0.1, -0.05) is 19.1 Å². The van der Waals surface area contributed by atoms with Crippen molar-refractivity contribution in [2.45, 2.75) is 26.7 Å². The number of likely N-dealkylation sites (N-methyl/N-ethyl adjacent to an activating group) is 1. The summed E-state index contributed by atoms with van der Waals surface area (Å²) in [5, 5.41) is 0. The highest BCUT2D eigenvalue weighted by Gasteiger charge is 2.18. The Hall–Kier alpha value is -1.58. The van der Waals surface area contributed by atoms with Gasteiger partial charge >= 0.3 is 0 Å². The molecule has 19 heavy (non-hydrogen) atoms. The summed E-state index contributed by atoms with van der Waals surface area (Å²) >= 11 is 0. The standard InChI is InChI=1S/C15H24N4/c1-12(2)9-18(4)14-8-15(17-11-16-14)19-7-5-6-13(3)10-19/h8,11,13H,1,5-7,9-10H2,2-4H3. The van der Waals surface area contributed by atoms with Crippen LogP contribution in [0.3, 0.4) is 0 Å². The average molecular weight is 260 g/mol. The molecule has 0 saturated carbocycles. The number of hydrogen-bond donors (Lipinski definition) is 0. The fraction of sp³-hybridized carbons (Fsp3) is 0.600. The first-order chi connectivity index (χ1) is 9.06. The van der Waals surface area contributed by atoms with E-state index >= 15 is 0 Å². The van der Waals surface area contributed by atoms with Gasteiger partial charge in [0.1, 0.15) is 18.0 Å². The molecule has 1 atom stereocenters. The molecule has 1 saturated heterocycles. The Balaban J connectivity index is 2.12. The molecule has 1 unspecified atom stereocenters. The fourth-order valence-corrected chi connectivity index (χ4v) is 2.60. The molecule has 0 spiro atoms. The van der Waals surface area contributed by atoms with E-state index in [1.165, 1.54) is 12.8 Å². The van der Waals surface area contributed by atoms with Crippen LogP contribution in [0.1, 0.15) is 26.7 Å². The highest BCUT2D eigenvalue weighted by Crippen LogP contribution is 2.23. The minimum absolute atomic E-state index is 0.750. The van der Waals surface area contributed by atoms with Gasteiger partial charge in [0, 0.05) is 32.7 Å². The zero-order valence-electron chi connectivity index (χ0n) is 12.3. The second-order valence-corrected chi connectivity index (χ2v) is 5.74. The van der Waals surface area contributed by atoms with Crippen LogP contribution in [-0.4, -0.2) is 36.6 Å². The summed E-state index contributed by atoms with van der Waals surface area (Å²) in [6, 6.07) is 2.08. The highest BCUT2D eigenvalue weighted by molar-refractivity contribution is 5.50. The Morgan fingerprint density at radius 2 is 2.32 bits per heavy atom. The van der Waals surface area contributed by atoms with Crippen molar-refractivity contribution in [1.29, 1.82) is 0 Å². The number of rotatable bonds is 4. The summed E-state index contributed by atoms with van der Waals surface area (Å²) in [7, 11) is 2.04. The Morgan fingerprint density at radius 3 is 3.00 bits per heavy atom. The quantitative estimate of drug-likeness (QED) is 0.779. The third kappa shape index (κ3) is 3.69. The summed E-state index contributed by atoms with van der Waals surface area (Å²) in [6.07, 6.45) is 4.24. The van der Waals surface area contributed by atoms with E-state index in [9.17, 15) is 0 Å². The Morgan fingerprint density at radius 1 is 1.53 bits per heavy atom. The largest absolute Gasteiger partial charge is 0.356 e. The second-order valence-electron chi connectivity index (χ2n) is 5.74. The lowest BCUT2D eigenvalue weighted by molar-refractivity contribution is 0.444. The van der Waals surface area contributed by atoms with Gasteiger partial charge in [0.2, 0.25) is 0 Å². The maximum atomic E-state index is 4.42. The molecule has 4 heteroatoms. The molecule has 0 amide bonds. The van der Waals surface area contributed by atoms with Crippen molar-refractivity contribution in [2.75, 3.05) is 36.5 Å². The molecule has 0 aliphatic carbocycles. The van der Waals surface area contributed by atoms with Crippen molar-refractivity contribution in [1.82, 2.24) is 9.97 Å². The van der Waals surface area contributed by atoms with Crippen LogP contribution in [0.15, 0.2) is 24.5 Å². The van der Waals surface area contributed by atoms with Crippen LogP contribution >= 0.6 is 0 Å². The number of aromatic nitrogens is 2. The van der Waals surface area contributed by atoms with Crippen LogP contribution in [0, 0.1) is 5.92 Å². The van der Waals surface area contributed by atoms with Crippen LogP contribution in [0.4, 0.5) is 11.6 Å². The van der Waals surface area contributed by atoms with Crippen LogP contribution in [0.2, 0.25) is 0 Å². The van der Waals surface area contributed by atoms with Gasteiger partial charge in [-0.25, -0.2) is 9.97 Å². The molecule has 1 aliphatic rings. The van der Waals surface area contributed by atoms with E-state index in [4.69, 9.17) is 0 Å². The zero-order chi connectivity index (χ0) is 13.8. The third-order valence-electron chi connectivity index (χ3n) is 3.52. The number of nitrogens with zero attached hydrogens (tertiary/aromatic N) is 4. The minimum atomic E-state index is 0.750. The number of anilines is 2. The van der Waals surface area contributed by atoms with E-state index < -0.39 is 0 Å². The zero-order valence-corrected chi connectivity index (χ0v) is 12.3. The molecule has 0 bridgehead atoms. The molecular formula is C15H24N4. The number of piperidine rings is 1. The molecule has 4 nitrogen and oxygen atoms in total. The predicted octanol–water partition coefficient (Wildman–Crippen LogP) is 2.73. The Kier molecular flexibility index (Phi) is 4.40. The van der Waals surface area contributed by atoms with Gasteiger partial charge in [0.15, 0.2) is 0 Å². The number of hydrogen-bond acceptors (Lipinski definition) is 4. The van der Waals surface area contributed by atoms with E-state index in [1.54, 1.807) is 6.33 Å². The first-order valence-corrected chi connectivity index (χ1v) is 6.99. The SMILES string of the molecule is C=C(C)CN(C)c1cc(N2CCCC(C)C2)ncn1. The lowest BCUT2D eigenvalue weighted by atomic mass is 10.0. The van der Waals surface area contributed by atoms with Crippen LogP contribution in [0.25, 0.3) is 0 Å². The Bertz CT molecular complexity index is 444. The smallest absolute Gasteiger partial charge is 0.134 e. The topological polar surface area (TPSA) is 32.3 Å². The van der Waals surface area contributed by atoms with Gasteiger partial charge in [-0.15, -0.1) is 0 Å². The summed E-state index contributed by atoms with van der Waals surface area (Å²) in [6.45, 7) is 11.3. The highest BCUT2D eigenvalue weighted by atomic mass is 15.2. The van der Waals surface area contributed by atoms with E-state index in [0.29, 0.717) is 0 Å². The Labute approximate surface area is 116 Å². The molecule has 0 radical (unpaired) electrons. The molecule has 1 aromatic rings. The fourth-order valence-electron chi connectivity index (χ4n) is 2.60.